The van der Waals surface area contributed by atoms with Gasteiger partial charge in [0.1, 0.15) is 0 Å². The van der Waals surface area contributed by atoms with Crippen LogP contribution in [-0.4, -0.2) is 19.9 Å². The van der Waals surface area contributed by atoms with Gasteiger partial charge in [0.15, 0.2) is 5.82 Å². The van der Waals surface area contributed by atoms with E-state index in [-0.39, 0.29) is 0 Å². The predicted octanol–water partition coefficient (Wildman–Crippen LogP) is 11.9. The zero-order valence-electron chi connectivity index (χ0n) is 28.0. The van der Waals surface area contributed by atoms with Crippen molar-refractivity contribution in [2.75, 3.05) is 0 Å². The third-order valence-electron chi connectivity index (χ3n) is 9.35. The number of benzene rings is 6. The molecule has 0 N–H and O–H groups in total. The Bertz CT molecular complexity index is 2610. The lowest BCUT2D eigenvalue weighted by atomic mass is 9.95. The van der Waals surface area contributed by atoms with E-state index in [1.165, 1.54) is 0 Å². The van der Waals surface area contributed by atoms with E-state index in [0.717, 1.165) is 89.1 Å². The molecule has 3 aromatic heterocycles. The monoisotopic (exact) mass is 652 g/mol. The average Bonchev–Trinajstić information content (AvgIpc) is 3.21. The molecule has 9 aromatic rings. The van der Waals surface area contributed by atoms with E-state index >= 15 is 0 Å². The molecule has 0 saturated heterocycles. The number of hydrogen-bond donors (Lipinski definition) is 0. The van der Waals surface area contributed by atoms with Gasteiger partial charge in [-0.15, -0.1) is 0 Å². The molecule has 6 aromatic carbocycles. The van der Waals surface area contributed by atoms with Crippen LogP contribution in [0, 0.1) is 6.92 Å². The van der Waals surface area contributed by atoms with Crippen molar-refractivity contribution >= 4 is 21.8 Å². The molecular formula is C47H32N4. The van der Waals surface area contributed by atoms with Gasteiger partial charge in [-0.05, 0) is 53.4 Å². The van der Waals surface area contributed by atoms with Gasteiger partial charge < -0.3 is 0 Å². The Labute approximate surface area is 296 Å². The Morgan fingerprint density at radius 3 is 1.57 bits per heavy atom. The Hall–Kier alpha value is -6.78. The summed E-state index contributed by atoms with van der Waals surface area (Å²) < 4.78 is 0. The molecule has 0 bridgehead atoms. The quantitative estimate of drug-likeness (QED) is 0.168. The molecular weight excluding hydrogens is 621 g/mol. The molecule has 51 heavy (non-hydrogen) atoms. The summed E-state index contributed by atoms with van der Waals surface area (Å²) in [5, 5.41) is 2.17. The van der Waals surface area contributed by atoms with Crippen LogP contribution in [-0.2, 0) is 0 Å². The zero-order valence-corrected chi connectivity index (χ0v) is 28.0. The lowest BCUT2D eigenvalue weighted by Crippen LogP contribution is -1.95. The van der Waals surface area contributed by atoms with E-state index in [1.807, 2.05) is 54.6 Å². The van der Waals surface area contributed by atoms with Crippen molar-refractivity contribution in [3.8, 4) is 67.4 Å². The van der Waals surface area contributed by atoms with Crippen LogP contribution < -0.4 is 0 Å². The van der Waals surface area contributed by atoms with E-state index in [0.29, 0.717) is 5.82 Å². The molecule has 9 rings (SSSR count). The highest BCUT2D eigenvalue weighted by molar-refractivity contribution is 6.09. The predicted molar refractivity (Wildman–Crippen MR) is 210 cm³/mol. The summed E-state index contributed by atoms with van der Waals surface area (Å²) in [7, 11) is 0. The van der Waals surface area contributed by atoms with E-state index in [1.54, 1.807) is 0 Å². The largest absolute Gasteiger partial charge is 0.251 e. The summed E-state index contributed by atoms with van der Waals surface area (Å²) in [4.78, 5) is 20.1. The summed E-state index contributed by atoms with van der Waals surface area (Å²) in [6, 6.07) is 61.0. The van der Waals surface area contributed by atoms with E-state index in [4.69, 9.17) is 19.9 Å². The highest BCUT2D eigenvalue weighted by atomic mass is 14.9. The number of nitrogens with zero attached hydrogens (tertiary/aromatic N) is 4. The summed E-state index contributed by atoms with van der Waals surface area (Å²) in [6.45, 7) is 2.06. The minimum Gasteiger partial charge on any atom is -0.251 e. The van der Waals surface area contributed by atoms with Crippen molar-refractivity contribution in [2.45, 2.75) is 6.92 Å². The fourth-order valence-corrected chi connectivity index (χ4v) is 6.78. The lowest BCUT2D eigenvalue weighted by molar-refractivity contribution is 1.18. The maximum Gasteiger partial charge on any atom is 0.160 e. The smallest absolute Gasteiger partial charge is 0.160 e. The SMILES string of the molecule is Cc1cc(-c2cccc(-c3ccc(-c4cc(-c5ccccc5)nc(-c5ccccc5)n4)cc3)c2)c2ccc3ccc(-c4ccccc4)nc3c2n1. The molecule has 0 unspecified atom stereocenters. The zero-order chi connectivity index (χ0) is 34.1. The second kappa shape index (κ2) is 12.9. The molecule has 0 aliphatic carbocycles. The first-order valence-electron chi connectivity index (χ1n) is 17.1. The first kappa shape index (κ1) is 30.3. The molecule has 4 nitrogen and oxygen atoms in total. The summed E-state index contributed by atoms with van der Waals surface area (Å²) in [6.07, 6.45) is 0. The van der Waals surface area contributed by atoms with Crippen molar-refractivity contribution in [2.24, 2.45) is 0 Å². The molecule has 0 aliphatic heterocycles. The topological polar surface area (TPSA) is 51.6 Å². The Morgan fingerprint density at radius 2 is 0.882 bits per heavy atom. The van der Waals surface area contributed by atoms with Crippen LogP contribution in [0.25, 0.3) is 89.2 Å². The van der Waals surface area contributed by atoms with Gasteiger partial charge in [0.2, 0.25) is 0 Å². The van der Waals surface area contributed by atoms with Gasteiger partial charge >= 0.3 is 0 Å². The lowest BCUT2D eigenvalue weighted by Gasteiger charge is -2.13. The van der Waals surface area contributed by atoms with Crippen molar-refractivity contribution in [3.05, 3.63) is 182 Å². The molecule has 0 aliphatic rings. The van der Waals surface area contributed by atoms with Crippen molar-refractivity contribution in [1.82, 2.24) is 19.9 Å². The number of aryl methyl sites for hydroxylation is 1. The molecule has 4 heteroatoms. The van der Waals surface area contributed by atoms with Crippen LogP contribution in [0.2, 0.25) is 0 Å². The van der Waals surface area contributed by atoms with Gasteiger partial charge in [-0.1, -0.05) is 152 Å². The van der Waals surface area contributed by atoms with Crippen LogP contribution in [0.3, 0.4) is 0 Å². The Balaban J connectivity index is 1.09. The van der Waals surface area contributed by atoms with Gasteiger partial charge in [0, 0.05) is 38.7 Å². The summed E-state index contributed by atoms with van der Waals surface area (Å²) in [5.74, 6) is 0.711. The third kappa shape index (κ3) is 5.94. The summed E-state index contributed by atoms with van der Waals surface area (Å²) >= 11 is 0. The molecule has 0 amide bonds. The molecule has 0 fully saturated rings. The second-order valence-corrected chi connectivity index (χ2v) is 12.8. The minimum atomic E-state index is 0.711. The molecule has 3 heterocycles. The summed E-state index contributed by atoms with van der Waals surface area (Å²) in [5.41, 5.74) is 14.3. The van der Waals surface area contributed by atoms with Gasteiger partial charge in [-0.2, -0.15) is 0 Å². The van der Waals surface area contributed by atoms with Crippen molar-refractivity contribution < 1.29 is 0 Å². The van der Waals surface area contributed by atoms with Crippen LogP contribution in [0.1, 0.15) is 5.69 Å². The number of rotatable bonds is 6. The maximum atomic E-state index is 5.12. The fourth-order valence-electron chi connectivity index (χ4n) is 6.78. The molecule has 0 atom stereocenters. The first-order valence-corrected chi connectivity index (χ1v) is 17.1. The van der Waals surface area contributed by atoms with Gasteiger partial charge in [0.05, 0.1) is 28.1 Å². The molecule has 0 spiro atoms. The van der Waals surface area contributed by atoms with Crippen molar-refractivity contribution in [1.29, 1.82) is 0 Å². The number of hydrogen-bond acceptors (Lipinski definition) is 4. The highest BCUT2D eigenvalue weighted by Gasteiger charge is 2.14. The van der Waals surface area contributed by atoms with Crippen LogP contribution in [0.15, 0.2) is 176 Å². The highest BCUT2D eigenvalue weighted by Crippen LogP contribution is 2.36. The fraction of sp³-hybridized carbons (Fsp3) is 0.0213. The first-order chi connectivity index (χ1) is 25.2. The standard InChI is InChI=1S/C47H32N4/c1-31-28-41(40-26-24-36-25-27-42(33-12-5-2-6-13-33)49-45(36)46(40)48-31)39-19-11-18-38(29-39)32-20-22-35(23-21-32)44-30-43(34-14-7-3-8-15-34)50-47(51-44)37-16-9-4-10-17-37/h2-30H,1H3. The number of aromatic nitrogens is 4. The third-order valence-corrected chi connectivity index (χ3v) is 9.35. The van der Waals surface area contributed by atoms with Gasteiger partial charge in [0.25, 0.3) is 0 Å². The number of pyridine rings is 2. The Kier molecular flexibility index (Phi) is 7.67. The molecule has 0 saturated carbocycles. The second-order valence-electron chi connectivity index (χ2n) is 12.8. The normalized spacial score (nSPS) is 11.2. The number of fused-ring (bicyclic) bond motifs is 3. The van der Waals surface area contributed by atoms with Crippen LogP contribution >= 0.6 is 0 Å². The van der Waals surface area contributed by atoms with Gasteiger partial charge in [-0.25, -0.2) is 15.0 Å². The Morgan fingerprint density at radius 1 is 0.333 bits per heavy atom. The molecule has 240 valence electrons. The average molecular weight is 653 g/mol. The van der Waals surface area contributed by atoms with Gasteiger partial charge in [-0.3, -0.25) is 4.98 Å². The van der Waals surface area contributed by atoms with E-state index in [2.05, 4.69) is 128 Å². The van der Waals surface area contributed by atoms with E-state index in [9.17, 15) is 0 Å². The molecule has 0 radical (unpaired) electrons. The van der Waals surface area contributed by atoms with Crippen LogP contribution in [0.5, 0.6) is 0 Å². The minimum absolute atomic E-state index is 0.711. The maximum absolute atomic E-state index is 5.12. The van der Waals surface area contributed by atoms with E-state index < -0.39 is 0 Å². The van der Waals surface area contributed by atoms with Crippen LogP contribution in [0.4, 0.5) is 0 Å². The van der Waals surface area contributed by atoms with Crippen molar-refractivity contribution in [3.63, 3.8) is 0 Å².